The lowest BCUT2D eigenvalue weighted by molar-refractivity contribution is -0.168. The fourth-order valence-electron chi connectivity index (χ4n) is 3.42. The van der Waals surface area contributed by atoms with Gasteiger partial charge in [-0.05, 0) is 5.56 Å². The van der Waals surface area contributed by atoms with Crippen molar-refractivity contribution in [3.8, 4) is 23.0 Å². The number of hydrogen-bond donors (Lipinski definition) is 9. The summed E-state index contributed by atoms with van der Waals surface area (Å²) in [6.45, 7) is -0.505. The second-order valence-electron chi connectivity index (χ2n) is 7.63. The molecule has 188 valence electrons. The van der Waals surface area contributed by atoms with Gasteiger partial charge in [0.1, 0.15) is 11.3 Å². The molecule has 1 heterocycles. The second kappa shape index (κ2) is 10.8. The van der Waals surface area contributed by atoms with Gasteiger partial charge in [-0.2, -0.15) is 0 Å². The summed E-state index contributed by atoms with van der Waals surface area (Å²) >= 11 is 1.12. The van der Waals surface area contributed by atoms with E-state index >= 15 is 0 Å². The molecule has 1 unspecified atom stereocenters. The number of thiazole rings is 1. The molecule has 35 heavy (non-hydrogen) atoms. The number of phenolic OH excluding ortho intramolecular Hbond substituents is 4. The van der Waals surface area contributed by atoms with Crippen molar-refractivity contribution in [1.82, 2.24) is 10.3 Å². The maximum atomic E-state index is 12.3. The molecule has 0 radical (unpaired) electrons. The summed E-state index contributed by atoms with van der Waals surface area (Å²) in [5.74, 6) is -8.13. The zero-order valence-electron chi connectivity index (χ0n) is 18.6. The first-order valence-electron chi connectivity index (χ1n) is 10.3. The number of benzene rings is 2. The highest BCUT2D eigenvalue weighted by Gasteiger charge is 2.38. The second-order valence-corrected chi connectivity index (χ2v) is 8.52. The van der Waals surface area contributed by atoms with Crippen LogP contribution in [0.15, 0.2) is 35.7 Å². The van der Waals surface area contributed by atoms with Gasteiger partial charge < -0.3 is 51.7 Å². The summed E-state index contributed by atoms with van der Waals surface area (Å²) in [6.07, 6.45) is -0.715. The molecule has 10 N–H and O–H groups in total. The molecular formula is C22H26N4O8S. The lowest BCUT2D eigenvalue weighted by Crippen LogP contribution is -2.39. The molecule has 0 aliphatic carbocycles. The highest BCUT2D eigenvalue weighted by atomic mass is 32.1. The van der Waals surface area contributed by atoms with E-state index in [4.69, 9.17) is 10.5 Å². The van der Waals surface area contributed by atoms with Gasteiger partial charge in [0.2, 0.25) is 11.7 Å². The maximum absolute atomic E-state index is 12.3. The minimum atomic E-state index is -2.93. The zero-order chi connectivity index (χ0) is 25.8. The van der Waals surface area contributed by atoms with E-state index in [0.29, 0.717) is 5.69 Å². The maximum Gasteiger partial charge on any atom is 0.230 e. The number of carbonyl (C=O) groups is 1. The van der Waals surface area contributed by atoms with Crippen LogP contribution in [0.4, 0.5) is 10.8 Å². The molecular weight excluding hydrogens is 480 g/mol. The van der Waals surface area contributed by atoms with Gasteiger partial charge in [0.15, 0.2) is 28.1 Å². The van der Waals surface area contributed by atoms with Crippen LogP contribution in [0.3, 0.4) is 0 Å². The first-order valence-corrected chi connectivity index (χ1v) is 11.2. The normalized spacial score (nSPS) is 12.4. The van der Waals surface area contributed by atoms with Crippen LogP contribution in [0.5, 0.6) is 23.0 Å². The van der Waals surface area contributed by atoms with Gasteiger partial charge in [-0.3, -0.25) is 4.79 Å². The monoisotopic (exact) mass is 506 g/mol. The number of aromatic nitrogens is 1. The summed E-state index contributed by atoms with van der Waals surface area (Å²) in [4.78, 5) is 16.2. The minimum absolute atomic E-state index is 0.123. The number of nitrogens with zero attached hydrogens (tertiary/aromatic N) is 1. The van der Waals surface area contributed by atoms with Crippen molar-refractivity contribution in [1.29, 1.82) is 0 Å². The van der Waals surface area contributed by atoms with Crippen LogP contribution < -0.4 is 16.4 Å². The van der Waals surface area contributed by atoms with Crippen molar-refractivity contribution in [2.24, 2.45) is 0 Å². The Morgan fingerprint density at radius 2 is 1.74 bits per heavy atom. The Bertz CT molecular complexity index is 1160. The molecule has 0 bridgehead atoms. The number of nitrogen functional groups attached to an aromatic ring is 1. The van der Waals surface area contributed by atoms with Crippen molar-refractivity contribution >= 4 is 28.1 Å². The van der Waals surface area contributed by atoms with Crippen LogP contribution >= 0.6 is 11.3 Å². The number of methoxy groups -OCH3 is 1. The van der Waals surface area contributed by atoms with Gasteiger partial charge >= 0.3 is 0 Å². The van der Waals surface area contributed by atoms with Gasteiger partial charge in [0, 0.05) is 19.0 Å². The molecule has 1 aromatic heterocycles. The summed E-state index contributed by atoms with van der Waals surface area (Å²) in [5, 5.41) is 69.2. The Balaban J connectivity index is 1.76. The zero-order valence-corrected chi connectivity index (χ0v) is 19.4. The topological polar surface area (TPSA) is 211 Å². The van der Waals surface area contributed by atoms with Gasteiger partial charge in [-0.1, -0.05) is 30.3 Å². The Hall–Kier alpha value is -3.62. The van der Waals surface area contributed by atoms with Crippen LogP contribution in [-0.2, 0) is 21.7 Å². The molecule has 1 atom stereocenters. The summed E-state index contributed by atoms with van der Waals surface area (Å²) in [7, 11) is 1.48. The van der Waals surface area contributed by atoms with Crippen molar-refractivity contribution in [2.75, 3.05) is 31.2 Å². The number of rotatable bonds is 10. The predicted octanol–water partition coefficient (Wildman–Crippen LogP) is 0.844. The number of amides is 1. The van der Waals surface area contributed by atoms with Crippen LogP contribution in [-0.4, -0.2) is 61.7 Å². The summed E-state index contributed by atoms with van der Waals surface area (Å²) in [5.41, 5.74) is 4.99. The highest BCUT2D eigenvalue weighted by molar-refractivity contribution is 7.13. The molecule has 12 nitrogen and oxygen atoms in total. The van der Waals surface area contributed by atoms with E-state index in [1.807, 2.05) is 30.3 Å². The lowest BCUT2D eigenvalue weighted by Gasteiger charge is -2.27. The van der Waals surface area contributed by atoms with Crippen LogP contribution in [0.25, 0.3) is 0 Å². The van der Waals surface area contributed by atoms with Crippen LogP contribution in [0, 0.1) is 0 Å². The third-order valence-corrected chi connectivity index (χ3v) is 5.85. The Labute approximate surface area is 203 Å². The fraction of sp³-hybridized carbons (Fsp3) is 0.273. The molecule has 3 aromatic rings. The molecule has 0 aliphatic heterocycles. The number of carbonyl (C=O) groups excluding carboxylic acids is 1. The number of phenols is 4. The number of nitrogens with one attached hydrogen (secondary N) is 2. The third kappa shape index (κ3) is 5.90. The third-order valence-electron chi connectivity index (χ3n) is 5.13. The Morgan fingerprint density at radius 3 is 2.29 bits per heavy atom. The van der Waals surface area contributed by atoms with E-state index in [1.165, 1.54) is 12.5 Å². The van der Waals surface area contributed by atoms with Crippen molar-refractivity contribution < 1.29 is 40.2 Å². The lowest BCUT2D eigenvalue weighted by atomic mass is 10.00. The quantitative estimate of drug-likeness (QED) is 0.107. The molecule has 0 saturated carbocycles. The van der Waals surface area contributed by atoms with E-state index in [-0.39, 0.29) is 18.1 Å². The van der Waals surface area contributed by atoms with Gasteiger partial charge in [0.25, 0.3) is 0 Å². The van der Waals surface area contributed by atoms with E-state index in [9.17, 15) is 35.4 Å². The Kier molecular flexibility index (Phi) is 7.99. The molecule has 0 saturated heterocycles. The van der Waals surface area contributed by atoms with Crippen molar-refractivity contribution in [2.45, 2.75) is 18.3 Å². The molecule has 0 spiro atoms. The van der Waals surface area contributed by atoms with E-state index in [2.05, 4.69) is 15.6 Å². The van der Waals surface area contributed by atoms with Gasteiger partial charge in [0.05, 0.1) is 24.8 Å². The van der Waals surface area contributed by atoms with Crippen molar-refractivity contribution in [3.05, 3.63) is 52.5 Å². The average Bonchev–Trinajstić information content (AvgIpc) is 3.23. The molecule has 0 fully saturated rings. The van der Waals surface area contributed by atoms with Crippen LogP contribution in [0.2, 0.25) is 0 Å². The van der Waals surface area contributed by atoms with Gasteiger partial charge in [-0.15, -0.1) is 11.3 Å². The average molecular weight is 507 g/mol. The largest absolute Gasteiger partial charge is 0.504 e. The molecule has 0 aliphatic rings. The fourth-order valence-corrected chi connectivity index (χ4v) is 3.98. The first kappa shape index (κ1) is 26.0. The van der Waals surface area contributed by atoms with E-state index < -0.39 is 58.6 Å². The summed E-state index contributed by atoms with van der Waals surface area (Å²) in [6, 6.07) is 9.12. The Morgan fingerprint density at radius 1 is 1.11 bits per heavy atom. The summed E-state index contributed by atoms with van der Waals surface area (Å²) < 4.78 is 5.38. The minimum Gasteiger partial charge on any atom is -0.504 e. The van der Waals surface area contributed by atoms with Gasteiger partial charge in [-0.25, -0.2) is 4.98 Å². The van der Waals surface area contributed by atoms with E-state index in [1.54, 1.807) is 0 Å². The number of ether oxygens (including phenoxy) is 1. The molecule has 1 amide bonds. The smallest absolute Gasteiger partial charge is 0.230 e. The van der Waals surface area contributed by atoms with E-state index in [0.717, 1.165) is 16.9 Å². The molecule has 3 rings (SSSR count). The highest BCUT2D eigenvalue weighted by Crippen LogP contribution is 2.52. The van der Waals surface area contributed by atoms with Crippen LogP contribution in [0.1, 0.15) is 22.9 Å². The first-order chi connectivity index (χ1) is 16.5. The number of aliphatic hydroxyl groups is 2. The number of nitrogens with two attached hydrogens (primary N) is 1. The number of anilines is 2. The molecule has 2 aromatic carbocycles. The SMILES string of the molecule is COC(CNCC(O)(O)c1c(O)c(O)c(NC(=O)Cc2csc(N)n2)c(O)c1O)c1ccccc1. The van der Waals surface area contributed by atoms with Crippen molar-refractivity contribution in [3.63, 3.8) is 0 Å². The predicted molar refractivity (Wildman–Crippen MR) is 127 cm³/mol. The number of aromatic hydroxyl groups is 4. The standard InChI is InChI=1S/C22H26N4O8S/c1-34-13(11-5-3-2-4-6-11)8-24-10-22(32,33)15-17(28)19(30)16(20(31)18(15)29)26-14(27)7-12-9-35-21(23)25-12/h2-6,9,13,24,28-33H,7-8,10H2,1H3,(H2,23,25)(H,26,27). The number of hydrogen-bond acceptors (Lipinski definition) is 12. The molecule has 13 heteroatoms.